The van der Waals surface area contributed by atoms with Gasteiger partial charge in [0, 0.05) is 11.1 Å². The Morgan fingerprint density at radius 2 is 1.88 bits per heavy atom. The first-order chi connectivity index (χ1) is 11.5. The van der Waals surface area contributed by atoms with E-state index in [0.29, 0.717) is 23.5 Å². The lowest BCUT2D eigenvalue weighted by molar-refractivity contribution is 0.102. The number of halogens is 2. The topological polar surface area (TPSA) is 47.6 Å². The van der Waals surface area contributed by atoms with Crippen molar-refractivity contribution in [2.45, 2.75) is 6.42 Å². The summed E-state index contributed by atoms with van der Waals surface area (Å²) in [5.41, 5.74) is 0.362. The van der Waals surface area contributed by atoms with E-state index >= 15 is 0 Å². The molecule has 0 heterocycles. The molecule has 0 aliphatic carbocycles. The van der Waals surface area contributed by atoms with Gasteiger partial charge in [0.1, 0.15) is 17.3 Å². The largest absolute Gasteiger partial charge is 0.493 e. The zero-order valence-corrected chi connectivity index (χ0v) is 13.4. The Hall–Kier alpha value is -2.89. The van der Waals surface area contributed by atoms with Gasteiger partial charge in [0.15, 0.2) is 11.5 Å². The molecule has 0 bridgehead atoms. The van der Waals surface area contributed by atoms with Crippen molar-refractivity contribution >= 4 is 11.6 Å². The molecule has 0 aliphatic heterocycles. The van der Waals surface area contributed by atoms with Crippen molar-refractivity contribution in [3.63, 3.8) is 0 Å². The number of methoxy groups -OCH3 is 2. The van der Waals surface area contributed by atoms with Crippen LogP contribution >= 0.6 is 0 Å². The summed E-state index contributed by atoms with van der Waals surface area (Å²) in [6.07, 6.45) is 2.09. The lowest BCUT2D eigenvalue weighted by atomic mass is 10.0. The van der Waals surface area contributed by atoms with E-state index in [1.165, 1.54) is 26.4 Å². The van der Waals surface area contributed by atoms with Crippen LogP contribution in [0.2, 0.25) is 0 Å². The summed E-state index contributed by atoms with van der Waals surface area (Å²) < 4.78 is 37.9. The van der Waals surface area contributed by atoms with Crippen LogP contribution in [-0.2, 0) is 6.42 Å². The second kappa shape index (κ2) is 7.59. The number of hydrogen-bond donors (Lipinski definition) is 1. The molecule has 0 aromatic heterocycles. The molecule has 0 aliphatic rings. The fourth-order valence-electron chi connectivity index (χ4n) is 2.28. The molecule has 0 saturated heterocycles. The molecule has 0 saturated carbocycles. The highest BCUT2D eigenvalue weighted by atomic mass is 19.1. The molecule has 0 atom stereocenters. The standard InChI is InChI=1S/C18H17F2NO3/c1-4-6-11-9-12(10-15(23-2)17(11)24-3)18(22)21-16-13(19)7-5-8-14(16)20/h4-5,7-10H,1,6H2,2-3H3,(H,21,22). The van der Waals surface area contributed by atoms with E-state index in [-0.39, 0.29) is 5.56 Å². The zero-order chi connectivity index (χ0) is 17.7. The van der Waals surface area contributed by atoms with Crippen LogP contribution in [0.4, 0.5) is 14.5 Å². The lowest BCUT2D eigenvalue weighted by Crippen LogP contribution is -2.15. The summed E-state index contributed by atoms with van der Waals surface area (Å²) in [6, 6.07) is 6.36. The number of ether oxygens (including phenoxy) is 2. The number of hydrogen-bond acceptors (Lipinski definition) is 3. The van der Waals surface area contributed by atoms with E-state index in [0.717, 1.165) is 12.1 Å². The van der Waals surface area contributed by atoms with Crippen molar-refractivity contribution < 1.29 is 23.0 Å². The molecule has 0 fully saturated rings. The fourth-order valence-corrected chi connectivity index (χ4v) is 2.28. The van der Waals surface area contributed by atoms with Gasteiger partial charge in [-0.05, 0) is 30.7 Å². The van der Waals surface area contributed by atoms with Gasteiger partial charge in [-0.1, -0.05) is 12.1 Å². The van der Waals surface area contributed by atoms with Crippen LogP contribution in [0.15, 0.2) is 43.0 Å². The van der Waals surface area contributed by atoms with Crippen molar-refractivity contribution in [2.75, 3.05) is 19.5 Å². The number of carbonyl (C=O) groups excluding carboxylic acids is 1. The van der Waals surface area contributed by atoms with E-state index in [2.05, 4.69) is 11.9 Å². The van der Waals surface area contributed by atoms with Gasteiger partial charge in [0.2, 0.25) is 0 Å². The number of anilines is 1. The molecule has 4 nitrogen and oxygen atoms in total. The minimum absolute atomic E-state index is 0.187. The molecule has 126 valence electrons. The molecule has 0 radical (unpaired) electrons. The van der Waals surface area contributed by atoms with Crippen molar-refractivity contribution in [3.05, 3.63) is 65.7 Å². The van der Waals surface area contributed by atoms with E-state index in [1.54, 1.807) is 12.1 Å². The minimum Gasteiger partial charge on any atom is -0.493 e. The Kier molecular flexibility index (Phi) is 5.52. The van der Waals surface area contributed by atoms with E-state index < -0.39 is 23.2 Å². The number of benzene rings is 2. The summed E-state index contributed by atoms with van der Waals surface area (Å²) in [5.74, 6) is -1.54. The van der Waals surface area contributed by atoms with Crippen LogP contribution < -0.4 is 14.8 Å². The Morgan fingerprint density at radius 1 is 1.21 bits per heavy atom. The molecule has 0 spiro atoms. The van der Waals surface area contributed by atoms with Crippen molar-refractivity contribution in [2.24, 2.45) is 0 Å². The average Bonchev–Trinajstić information content (AvgIpc) is 2.57. The predicted octanol–water partition coefficient (Wildman–Crippen LogP) is 3.96. The lowest BCUT2D eigenvalue weighted by Gasteiger charge is -2.14. The average molecular weight is 333 g/mol. The highest BCUT2D eigenvalue weighted by molar-refractivity contribution is 6.05. The van der Waals surface area contributed by atoms with Crippen LogP contribution in [0, 0.1) is 11.6 Å². The molecule has 24 heavy (non-hydrogen) atoms. The number of rotatable bonds is 6. The van der Waals surface area contributed by atoms with E-state index in [4.69, 9.17) is 9.47 Å². The first-order valence-corrected chi connectivity index (χ1v) is 7.13. The third kappa shape index (κ3) is 3.53. The third-order valence-corrected chi connectivity index (χ3v) is 3.38. The normalized spacial score (nSPS) is 10.2. The quantitative estimate of drug-likeness (QED) is 0.814. The molecule has 6 heteroatoms. The van der Waals surface area contributed by atoms with Gasteiger partial charge in [-0.15, -0.1) is 6.58 Å². The first-order valence-electron chi connectivity index (χ1n) is 7.13. The van der Waals surface area contributed by atoms with Gasteiger partial charge in [-0.2, -0.15) is 0 Å². The SMILES string of the molecule is C=CCc1cc(C(=O)Nc2c(F)cccc2F)cc(OC)c1OC. The maximum atomic E-state index is 13.7. The summed E-state index contributed by atoms with van der Waals surface area (Å²) in [5, 5.41) is 2.24. The second-order valence-electron chi connectivity index (χ2n) is 4.91. The maximum Gasteiger partial charge on any atom is 0.255 e. The van der Waals surface area contributed by atoms with Gasteiger partial charge < -0.3 is 14.8 Å². The molecule has 1 N–H and O–H groups in total. The fraction of sp³-hybridized carbons (Fsp3) is 0.167. The van der Waals surface area contributed by atoms with Crippen LogP contribution in [0.3, 0.4) is 0 Å². The number of nitrogens with one attached hydrogen (secondary N) is 1. The van der Waals surface area contributed by atoms with Crippen molar-refractivity contribution in [3.8, 4) is 11.5 Å². The van der Waals surface area contributed by atoms with E-state index in [1.807, 2.05) is 0 Å². The van der Waals surface area contributed by atoms with Gasteiger partial charge >= 0.3 is 0 Å². The summed E-state index contributed by atoms with van der Waals surface area (Å²) >= 11 is 0. The summed E-state index contributed by atoms with van der Waals surface area (Å²) in [4.78, 5) is 12.4. The monoisotopic (exact) mass is 333 g/mol. The number of para-hydroxylation sites is 1. The Labute approximate surface area is 138 Å². The van der Waals surface area contributed by atoms with Gasteiger partial charge in [0.25, 0.3) is 5.91 Å². The highest BCUT2D eigenvalue weighted by Gasteiger charge is 2.18. The number of carbonyl (C=O) groups is 1. The summed E-state index contributed by atoms with van der Waals surface area (Å²) in [7, 11) is 2.92. The van der Waals surface area contributed by atoms with Crippen LogP contribution in [0.1, 0.15) is 15.9 Å². The van der Waals surface area contributed by atoms with Crippen LogP contribution in [-0.4, -0.2) is 20.1 Å². The zero-order valence-electron chi connectivity index (χ0n) is 13.4. The van der Waals surface area contributed by atoms with Crippen molar-refractivity contribution in [1.82, 2.24) is 0 Å². The number of allylic oxidation sites excluding steroid dienone is 1. The van der Waals surface area contributed by atoms with Crippen molar-refractivity contribution in [1.29, 1.82) is 0 Å². The second-order valence-corrected chi connectivity index (χ2v) is 4.91. The Bertz CT molecular complexity index is 755. The molecule has 0 unspecified atom stereocenters. The predicted molar refractivity (Wildman–Crippen MR) is 87.8 cm³/mol. The Morgan fingerprint density at radius 3 is 2.42 bits per heavy atom. The third-order valence-electron chi connectivity index (χ3n) is 3.38. The highest BCUT2D eigenvalue weighted by Crippen LogP contribution is 2.33. The van der Waals surface area contributed by atoms with Gasteiger partial charge in [-0.3, -0.25) is 4.79 Å². The van der Waals surface area contributed by atoms with Gasteiger partial charge in [-0.25, -0.2) is 8.78 Å². The Balaban J connectivity index is 2.42. The van der Waals surface area contributed by atoms with Crippen LogP contribution in [0.25, 0.3) is 0 Å². The molecular weight excluding hydrogens is 316 g/mol. The maximum absolute atomic E-state index is 13.7. The first kappa shape index (κ1) is 17.5. The summed E-state index contributed by atoms with van der Waals surface area (Å²) in [6.45, 7) is 3.66. The molecule has 1 amide bonds. The minimum atomic E-state index is -0.852. The van der Waals surface area contributed by atoms with Crippen LogP contribution in [0.5, 0.6) is 11.5 Å². The smallest absolute Gasteiger partial charge is 0.255 e. The molecule has 2 rings (SSSR count). The molecular formula is C18H17F2NO3. The van der Waals surface area contributed by atoms with Gasteiger partial charge in [0.05, 0.1) is 14.2 Å². The van der Waals surface area contributed by atoms with E-state index in [9.17, 15) is 13.6 Å². The molecule has 2 aromatic carbocycles. The number of amides is 1. The molecule has 2 aromatic rings.